The van der Waals surface area contributed by atoms with Gasteiger partial charge in [0.1, 0.15) is 6.61 Å². The summed E-state index contributed by atoms with van der Waals surface area (Å²) in [5.41, 5.74) is 2.02. The van der Waals surface area contributed by atoms with E-state index in [1.54, 1.807) is 0 Å². The maximum atomic E-state index is 11.1. The predicted octanol–water partition coefficient (Wildman–Crippen LogP) is 1.83. The van der Waals surface area contributed by atoms with Gasteiger partial charge in [-0.25, -0.2) is 4.79 Å². The molecule has 0 aliphatic carbocycles. The van der Waals surface area contributed by atoms with Crippen LogP contribution in [0.2, 0.25) is 0 Å². The number of hydrogen-bond acceptors (Lipinski definition) is 2. The van der Waals surface area contributed by atoms with E-state index in [0.29, 0.717) is 11.9 Å². The first-order valence-corrected chi connectivity index (χ1v) is 4.58. The third-order valence-corrected chi connectivity index (χ3v) is 2.60. The van der Waals surface area contributed by atoms with Crippen LogP contribution in [-0.2, 0) is 9.53 Å². The van der Waals surface area contributed by atoms with Gasteiger partial charge in [0.2, 0.25) is 0 Å². The fraction of sp³-hybridized carbons (Fsp3) is 0.100. The van der Waals surface area contributed by atoms with Gasteiger partial charge in [0.15, 0.2) is 0 Å². The van der Waals surface area contributed by atoms with Gasteiger partial charge in [0.25, 0.3) is 0 Å². The molecule has 0 bridgehead atoms. The van der Waals surface area contributed by atoms with E-state index in [0.717, 1.165) is 11.1 Å². The predicted molar refractivity (Wildman–Crippen MR) is 54.0 cm³/mol. The lowest BCUT2D eigenvalue weighted by atomic mass is 10.1. The van der Waals surface area contributed by atoms with E-state index in [4.69, 9.17) is 4.74 Å². The fourth-order valence-electron chi connectivity index (χ4n) is 1.29. The second-order valence-corrected chi connectivity index (χ2v) is 3.41. The quantitative estimate of drug-likeness (QED) is 0.501. The Morgan fingerprint density at radius 1 is 1.23 bits per heavy atom. The number of carbonyl (C=O) groups excluding carboxylic acids is 1. The SMILES string of the molecule is O=C1OCC(c2ccccc2)=C1P. The van der Waals surface area contributed by atoms with Gasteiger partial charge >= 0.3 is 5.97 Å². The Morgan fingerprint density at radius 3 is 2.46 bits per heavy atom. The lowest BCUT2D eigenvalue weighted by molar-refractivity contribution is -0.135. The highest BCUT2D eigenvalue weighted by atomic mass is 31.0. The van der Waals surface area contributed by atoms with Gasteiger partial charge in [-0.05, 0) is 5.56 Å². The summed E-state index contributed by atoms with van der Waals surface area (Å²) in [6, 6.07) is 9.79. The molecule has 0 aromatic heterocycles. The van der Waals surface area contributed by atoms with Crippen LogP contribution >= 0.6 is 9.24 Å². The molecule has 1 heterocycles. The van der Waals surface area contributed by atoms with Crippen LogP contribution in [0.3, 0.4) is 0 Å². The van der Waals surface area contributed by atoms with Crippen molar-refractivity contribution in [2.75, 3.05) is 6.61 Å². The third-order valence-electron chi connectivity index (χ3n) is 2.01. The third kappa shape index (κ3) is 1.50. The number of ether oxygens (including phenoxy) is 1. The number of hydrogen-bond donors (Lipinski definition) is 0. The van der Waals surface area contributed by atoms with Crippen molar-refractivity contribution in [3.8, 4) is 0 Å². The molecule has 0 N–H and O–H groups in total. The van der Waals surface area contributed by atoms with Crippen LogP contribution in [-0.4, -0.2) is 12.6 Å². The highest BCUT2D eigenvalue weighted by Gasteiger charge is 2.21. The molecule has 1 unspecified atom stereocenters. The first-order chi connectivity index (χ1) is 6.29. The fourth-order valence-corrected chi connectivity index (χ4v) is 1.63. The summed E-state index contributed by atoms with van der Waals surface area (Å²) < 4.78 is 4.90. The lowest BCUT2D eigenvalue weighted by Gasteiger charge is -1.99. The summed E-state index contributed by atoms with van der Waals surface area (Å²) in [6.45, 7) is 0.391. The number of rotatable bonds is 1. The Morgan fingerprint density at radius 2 is 1.92 bits per heavy atom. The van der Waals surface area contributed by atoms with E-state index >= 15 is 0 Å². The summed E-state index contributed by atoms with van der Waals surface area (Å²) in [5.74, 6) is -0.233. The van der Waals surface area contributed by atoms with Crippen molar-refractivity contribution < 1.29 is 9.53 Å². The molecule has 1 aromatic rings. The van der Waals surface area contributed by atoms with Crippen molar-refractivity contribution in [1.29, 1.82) is 0 Å². The molecule has 1 aromatic carbocycles. The molecule has 1 aliphatic rings. The van der Waals surface area contributed by atoms with Crippen molar-refractivity contribution in [2.45, 2.75) is 0 Å². The Kier molecular flexibility index (Phi) is 2.15. The minimum absolute atomic E-state index is 0.233. The van der Waals surface area contributed by atoms with Crippen molar-refractivity contribution in [1.82, 2.24) is 0 Å². The van der Waals surface area contributed by atoms with Crippen LogP contribution in [0, 0.1) is 0 Å². The normalized spacial score (nSPS) is 16.2. The van der Waals surface area contributed by atoms with Crippen LogP contribution in [0.25, 0.3) is 5.57 Å². The summed E-state index contributed by atoms with van der Waals surface area (Å²) in [7, 11) is 2.43. The number of cyclic esters (lactones) is 1. The Hall–Kier alpha value is -1.14. The molecule has 1 atom stereocenters. The second kappa shape index (κ2) is 3.31. The minimum Gasteiger partial charge on any atom is -0.457 e. The molecule has 2 rings (SSSR count). The first-order valence-electron chi connectivity index (χ1n) is 4.00. The summed E-state index contributed by atoms with van der Waals surface area (Å²) >= 11 is 0. The molecule has 66 valence electrons. The topological polar surface area (TPSA) is 26.3 Å². The molecule has 0 fully saturated rings. The molecular weight excluding hydrogens is 183 g/mol. The molecular formula is C10H9O2P. The monoisotopic (exact) mass is 192 g/mol. The summed E-state index contributed by atoms with van der Waals surface area (Å²) in [5, 5.41) is 0.645. The van der Waals surface area contributed by atoms with Gasteiger partial charge in [-0.15, -0.1) is 0 Å². The second-order valence-electron chi connectivity index (χ2n) is 2.83. The molecule has 1 aliphatic heterocycles. The summed E-state index contributed by atoms with van der Waals surface area (Å²) in [4.78, 5) is 11.1. The van der Waals surface area contributed by atoms with E-state index < -0.39 is 0 Å². The van der Waals surface area contributed by atoms with Gasteiger partial charge in [0.05, 0.1) is 5.31 Å². The maximum Gasteiger partial charge on any atom is 0.338 e. The van der Waals surface area contributed by atoms with E-state index in [2.05, 4.69) is 9.24 Å². The van der Waals surface area contributed by atoms with Crippen molar-refractivity contribution in [3.05, 3.63) is 41.2 Å². The van der Waals surface area contributed by atoms with Crippen molar-refractivity contribution in [2.24, 2.45) is 0 Å². The number of carbonyl (C=O) groups is 1. The zero-order valence-corrected chi connectivity index (χ0v) is 8.14. The molecule has 0 saturated heterocycles. The highest BCUT2D eigenvalue weighted by Crippen LogP contribution is 2.29. The number of benzene rings is 1. The first kappa shape index (κ1) is 8.46. The minimum atomic E-state index is -0.233. The summed E-state index contributed by atoms with van der Waals surface area (Å²) in [6.07, 6.45) is 0. The average Bonchev–Trinajstić information content (AvgIpc) is 2.49. The molecule has 13 heavy (non-hydrogen) atoms. The maximum absolute atomic E-state index is 11.1. The van der Waals surface area contributed by atoms with E-state index in [1.807, 2.05) is 30.3 Å². The van der Waals surface area contributed by atoms with E-state index in [1.165, 1.54) is 0 Å². The van der Waals surface area contributed by atoms with Gasteiger partial charge in [-0.1, -0.05) is 39.6 Å². The Bertz CT molecular complexity index is 368. The van der Waals surface area contributed by atoms with Gasteiger partial charge in [0, 0.05) is 5.57 Å². The van der Waals surface area contributed by atoms with Crippen molar-refractivity contribution in [3.63, 3.8) is 0 Å². The van der Waals surface area contributed by atoms with Crippen LogP contribution in [0.5, 0.6) is 0 Å². The van der Waals surface area contributed by atoms with Crippen LogP contribution in [0.4, 0.5) is 0 Å². The zero-order chi connectivity index (χ0) is 9.26. The molecule has 3 heteroatoms. The molecule has 0 amide bonds. The Balaban J connectivity index is 2.43. The number of esters is 1. The van der Waals surface area contributed by atoms with E-state index in [-0.39, 0.29) is 5.97 Å². The van der Waals surface area contributed by atoms with E-state index in [9.17, 15) is 4.79 Å². The molecule has 0 spiro atoms. The highest BCUT2D eigenvalue weighted by molar-refractivity contribution is 7.25. The van der Waals surface area contributed by atoms with Crippen molar-refractivity contribution >= 4 is 20.8 Å². The lowest BCUT2D eigenvalue weighted by Crippen LogP contribution is -1.93. The average molecular weight is 192 g/mol. The largest absolute Gasteiger partial charge is 0.457 e. The van der Waals surface area contributed by atoms with Gasteiger partial charge in [-0.3, -0.25) is 0 Å². The van der Waals surface area contributed by atoms with Crippen LogP contribution in [0.1, 0.15) is 5.56 Å². The van der Waals surface area contributed by atoms with Crippen LogP contribution in [0.15, 0.2) is 35.6 Å². The van der Waals surface area contributed by atoms with Crippen LogP contribution < -0.4 is 0 Å². The molecule has 0 radical (unpaired) electrons. The zero-order valence-electron chi connectivity index (χ0n) is 6.99. The van der Waals surface area contributed by atoms with Gasteiger partial charge < -0.3 is 4.74 Å². The Labute approximate surface area is 78.8 Å². The van der Waals surface area contributed by atoms with Gasteiger partial charge in [-0.2, -0.15) is 0 Å². The smallest absolute Gasteiger partial charge is 0.338 e. The molecule has 0 saturated carbocycles. The standard InChI is InChI=1S/C10H9O2P/c11-10-9(13)8(6-12-10)7-4-2-1-3-5-7/h1-5H,6,13H2. The molecule has 2 nitrogen and oxygen atoms in total.